The van der Waals surface area contributed by atoms with E-state index in [9.17, 15) is 18.0 Å². The van der Waals surface area contributed by atoms with E-state index >= 15 is 0 Å². The number of amides is 2. The second-order valence-corrected chi connectivity index (χ2v) is 7.68. The quantitative estimate of drug-likeness (QED) is 0.575. The first-order valence-electron chi connectivity index (χ1n) is 6.49. The fourth-order valence-corrected chi connectivity index (χ4v) is 4.52. The molecule has 0 aromatic carbocycles. The maximum Gasteiger partial charge on any atom is 0.322 e. The van der Waals surface area contributed by atoms with Crippen molar-refractivity contribution in [2.24, 2.45) is 0 Å². The van der Waals surface area contributed by atoms with Gasteiger partial charge in [-0.1, -0.05) is 0 Å². The molecule has 2 amide bonds. The van der Waals surface area contributed by atoms with E-state index in [4.69, 9.17) is 0 Å². The zero-order valence-corrected chi connectivity index (χ0v) is 12.5. The third-order valence-corrected chi connectivity index (χ3v) is 5.35. The van der Waals surface area contributed by atoms with Crippen LogP contribution >= 0.6 is 0 Å². The van der Waals surface area contributed by atoms with Crippen LogP contribution in [0.5, 0.6) is 0 Å². The van der Waals surface area contributed by atoms with Crippen LogP contribution < -0.4 is 16.2 Å². The maximum atomic E-state index is 12.0. The summed E-state index contributed by atoms with van der Waals surface area (Å²) in [4.78, 5) is 36.5. The first-order chi connectivity index (χ1) is 10.3. The van der Waals surface area contributed by atoms with Crippen molar-refractivity contribution in [2.45, 2.75) is 18.9 Å². The van der Waals surface area contributed by atoms with Gasteiger partial charge in [-0.15, -0.1) is 0 Å². The number of imidazole rings is 1. The van der Waals surface area contributed by atoms with E-state index in [1.165, 1.54) is 6.33 Å². The number of aromatic nitrogens is 4. The lowest BCUT2D eigenvalue weighted by molar-refractivity contribution is 0.242. The zero-order valence-electron chi connectivity index (χ0n) is 11.6. The average Bonchev–Trinajstić information content (AvgIpc) is 2.93. The van der Waals surface area contributed by atoms with Gasteiger partial charge in [0.1, 0.15) is 0 Å². The van der Waals surface area contributed by atoms with Crippen molar-refractivity contribution in [3.63, 3.8) is 0 Å². The molecule has 0 radical (unpaired) electrons. The summed E-state index contributed by atoms with van der Waals surface area (Å²) in [5.74, 6) is -0.139. The lowest BCUT2D eigenvalue weighted by Crippen LogP contribution is -2.49. The Morgan fingerprint density at radius 3 is 2.91 bits per heavy atom. The van der Waals surface area contributed by atoms with Crippen molar-refractivity contribution in [1.29, 1.82) is 0 Å². The highest BCUT2D eigenvalue weighted by Crippen LogP contribution is 2.22. The monoisotopic (exact) mass is 326 g/mol. The lowest BCUT2D eigenvalue weighted by atomic mass is 10.0. The molecule has 1 atom stereocenters. The molecule has 1 aliphatic heterocycles. The minimum atomic E-state index is -3.13. The van der Waals surface area contributed by atoms with Crippen LogP contribution in [0.1, 0.15) is 13.3 Å². The van der Waals surface area contributed by atoms with Gasteiger partial charge in [-0.25, -0.2) is 18.2 Å². The highest BCUT2D eigenvalue weighted by atomic mass is 32.2. The zero-order chi connectivity index (χ0) is 16.0. The molecule has 2 aromatic heterocycles. The normalized spacial score (nSPS) is 23.5. The summed E-state index contributed by atoms with van der Waals surface area (Å²) in [6.07, 6.45) is 1.66. The SMILES string of the molecule is C[C@@]1(NC(=O)Nc2nc3nc[nH]c3c(=O)[nH]2)CCS(=O)(=O)C1. The van der Waals surface area contributed by atoms with Crippen molar-refractivity contribution in [2.75, 3.05) is 16.8 Å². The number of carbonyl (C=O) groups is 1. The van der Waals surface area contributed by atoms with Crippen LogP contribution in [0.3, 0.4) is 0 Å². The summed E-state index contributed by atoms with van der Waals surface area (Å²) in [6, 6.07) is -0.641. The molecule has 0 aliphatic carbocycles. The van der Waals surface area contributed by atoms with Crippen LogP contribution in [0.4, 0.5) is 10.7 Å². The number of hydrogen-bond acceptors (Lipinski definition) is 6. The molecule has 1 saturated heterocycles. The first kappa shape index (κ1) is 14.5. The highest BCUT2D eigenvalue weighted by Gasteiger charge is 2.39. The number of H-pyrrole nitrogens is 2. The van der Waals surface area contributed by atoms with Gasteiger partial charge in [-0.2, -0.15) is 4.98 Å². The number of nitrogens with zero attached hydrogens (tertiary/aromatic N) is 2. The standard InChI is InChI=1S/C11H14N6O4S/c1-11(2-3-22(20,21)4-11)17-10(19)16-9-14-7-6(8(18)15-9)12-5-13-7/h5H,2-4H2,1H3,(H4,12,13,14,15,16,17,18,19)/t11-/m1/s1. The summed E-state index contributed by atoms with van der Waals surface area (Å²) < 4.78 is 23.0. The fourth-order valence-electron chi connectivity index (χ4n) is 2.42. The average molecular weight is 326 g/mol. The Balaban J connectivity index is 1.75. The Kier molecular flexibility index (Phi) is 3.16. The summed E-state index contributed by atoms with van der Waals surface area (Å²) in [5, 5.41) is 4.98. The van der Waals surface area contributed by atoms with Crippen LogP contribution in [0.15, 0.2) is 11.1 Å². The van der Waals surface area contributed by atoms with E-state index < -0.39 is 27.0 Å². The van der Waals surface area contributed by atoms with Crippen molar-refractivity contribution in [3.05, 3.63) is 16.7 Å². The number of hydrogen-bond donors (Lipinski definition) is 4. The summed E-state index contributed by atoms with van der Waals surface area (Å²) in [6.45, 7) is 1.66. The summed E-state index contributed by atoms with van der Waals surface area (Å²) in [7, 11) is -3.13. The molecule has 10 nitrogen and oxygen atoms in total. The highest BCUT2D eigenvalue weighted by molar-refractivity contribution is 7.91. The Bertz CT molecular complexity index is 901. The number of sulfone groups is 1. The smallest absolute Gasteiger partial charge is 0.322 e. The molecule has 0 bridgehead atoms. The Morgan fingerprint density at radius 2 is 2.23 bits per heavy atom. The van der Waals surface area contributed by atoms with Crippen molar-refractivity contribution in [3.8, 4) is 0 Å². The minimum absolute atomic E-state index is 0.0398. The fraction of sp³-hybridized carbons (Fsp3) is 0.455. The third kappa shape index (κ3) is 2.79. The Morgan fingerprint density at radius 1 is 1.45 bits per heavy atom. The number of carbonyl (C=O) groups excluding carboxylic acids is 1. The van der Waals surface area contributed by atoms with Gasteiger partial charge in [0.25, 0.3) is 5.56 Å². The molecule has 0 saturated carbocycles. The van der Waals surface area contributed by atoms with Gasteiger partial charge in [-0.3, -0.25) is 15.1 Å². The van der Waals surface area contributed by atoms with Crippen LogP contribution in [0.2, 0.25) is 0 Å². The number of aromatic amines is 2. The molecule has 1 fully saturated rings. The summed E-state index contributed by atoms with van der Waals surface area (Å²) in [5.41, 5.74) is -0.916. The third-order valence-electron chi connectivity index (χ3n) is 3.45. The number of urea groups is 1. The van der Waals surface area contributed by atoms with E-state index in [0.717, 1.165) is 0 Å². The van der Waals surface area contributed by atoms with Crippen molar-refractivity contribution >= 4 is 33.0 Å². The molecular formula is C11H14N6O4S. The molecule has 0 spiro atoms. The molecule has 0 unspecified atom stereocenters. The predicted molar refractivity (Wildman–Crippen MR) is 78.3 cm³/mol. The van der Waals surface area contributed by atoms with Crippen LogP contribution in [0, 0.1) is 0 Å². The van der Waals surface area contributed by atoms with E-state index in [-0.39, 0.29) is 28.6 Å². The van der Waals surface area contributed by atoms with Gasteiger partial charge in [-0.05, 0) is 13.3 Å². The predicted octanol–water partition coefficient (Wildman–Crippen LogP) is -0.655. The van der Waals surface area contributed by atoms with Crippen molar-refractivity contribution in [1.82, 2.24) is 25.3 Å². The number of fused-ring (bicyclic) bond motifs is 1. The Hall–Kier alpha value is -2.43. The molecule has 4 N–H and O–H groups in total. The summed E-state index contributed by atoms with van der Waals surface area (Å²) >= 11 is 0. The van der Waals surface area contributed by atoms with Crippen LogP contribution in [-0.4, -0.2) is 51.4 Å². The van der Waals surface area contributed by atoms with Gasteiger partial charge >= 0.3 is 6.03 Å². The molecule has 3 heterocycles. The maximum absolute atomic E-state index is 12.0. The van der Waals surface area contributed by atoms with Gasteiger partial charge in [0.05, 0.1) is 23.4 Å². The topological polar surface area (TPSA) is 150 Å². The van der Waals surface area contributed by atoms with E-state index in [1.54, 1.807) is 6.92 Å². The molecule has 2 aromatic rings. The second kappa shape index (κ2) is 4.80. The lowest BCUT2D eigenvalue weighted by Gasteiger charge is -2.23. The molecule has 3 rings (SSSR count). The van der Waals surface area contributed by atoms with E-state index in [2.05, 4.69) is 30.6 Å². The first-order valence-corrected chi connectivity index (χ1v) is 8.32. The molecular weight excluding hydrogens is 312 g/mol. The largest absolute Gasteiger partial charge is 0.339 e. The molecule has 118 valence electrons. The Labute approximate surface area is 124 Å². The van der Waals surface area contributed by atoms with E-state index in [0.29, 0.717) is 6.42 Å². The molecule has 1 aliphatic rings. The van der Waals surface area contributed by atoms with Gasteiger partial charge in [0.15, 0.2) is 21.0 Å². The van der Waals surface area contributed by atoms with Crippen LogP contribution in [0.25, 0.3) is 11.2 Å². The molecule has 22 heavy (non-hydrogen) atoms. The van der Waals surface area contributed by atoms with Gasteiger partial charge in [0, 0.05) is 0 Å². The minimum Gasteiger partial charge on any atom is -0.339 e. The van der Waals surface area contributed by atoms with Crippen molar-refractivity contribution < 1.29 is 13.2 Å². The van der Waals surface area contributed by atoms with Gasteiger partial charge in [0.2, 0.25) is 5.95 Å². The molecule has 11 heteroatoms. The van der Waals surface area contributed by atoms with Gasteiger partial charge < -0.3 is 10.3 Å². The number of rotatable bonds is 2. The van der Waals surface area contributed by atoms with Crippen LogP contribution in [-0.2, 0) is 9.84 Å². The number of nitrogens with one attached hydrogen (secondary N) is 4. The van der Waals surface area contributed by atoms with E-state index in [1.807, 2.05) is 0 Å². The number of anilines is 1. The second-order valence-electron chi connectivity index (χ2n) is 5.50.